The Labute approximate surface area is 218 Å². The molecule has 0 saturated heterocycles. The number of hydrogen-bond acceptors (Lipinski definition) is 0. The van der Waals surface area contributed by atoms with Gasteiger partial charge in [-0.15, -0.1) is 50.9 Å². The zero-order valence-corrected chi connectivity index (χ0v) is 26.6. The van der Waals surface area contributed by atoms with Crippen LogP contribution in [0.2, 0.25) is 0 Å². The molecule has 182 valence electrons. The van der Waals surface area contributed by atoms with Crippen molar-refractivity contribution in [1.82, 2.24) is 0 Å². The van der Waals surface area contributed by atoms with Crippen LogP contribution < -0.4 is 0 Å². The predicted molar refractivity (Wildman–Crippen MR) is 159 cm³/mol. The lowest BCUT2D eigenvalue weighted by atomic mass is 10.1. The summed E-state index contributed by atoms with van der Waals surface area (Å²) in [4.78, 5) is 0. The molecule has 4 heteroatoms. The maximum atomic E-state index is 2.73. The normalized spacial score (nSPS) is 10.8. The SMILES string of the molecule is Br.Br.Br.CCCCCCCC[P+](C)(CCCCCCCC)CCCCCCCC. The topological polar surface area (TPSA) is 0 Å². The Morgan fingerprint density at radius 3 is 0.793 bits per heavy atom. The van der Waals surface area contributed by atoms with Gasteiger partial charge in [-0.2, -0.15) is 0 Å². The number of halogens is 3. The van der Waals surface area contributed by atoms with Crippen molar-refractivity contribution in [3.8, 4) is 0 Å². The van der Waals surface area contributed by atoms with E-state index >= 15 is 0 Å². The van der Waals surface area contributed by atoms with Gasteiger partial charge in [-0.1, -0.05) is 97.8 Å². The molecular formula is C25H57Br3P+. The van der Waals surface area contributed by atoms with Crippen molar-refractivity contribution >= 4 is 58.2 Å². The molecule has 0 heterocycles. The lowest BCUT2D eigenvalue weighted by Crippen LogP contribution is -2.08. The van der Waals surface area contributed by atoms with Crippen molar-refractivity contribution in [2.45, 2.75) is 136 Å². The van der Waals surface area contributed by atoms with Crippen molar-refractivity contribution in [3.05, 3.63) is 0 Å². The second-order valence-corrected chi connectivity index (χ2v) is 13.7. The van der Waals surface area contributed by atoms with Gasteiger partial charge in [0.1, 0.15) is 0 Å². The zero-order chi connectivity index (χ0) is 19.3. The van der Waals surface area contributed by atoms with E-state index in [1.165, 1.54) is 116 Å². The van der Waals surface area contributed by atoms with E-state index in [9.17, 15) is 0 Å². The Bertz CT molecular complexity index is 234. The summed E-state index contributed by atoms with van der Waals surface area (Å²) >= 11 is 0. The maximum absolute atomic E-state index is 2.73. The van der Waals surface area contributed by atoms with Crippen LogP contribution in [-0.4, -0.2) is 25.2 Å². The van der Waals surface area contributed by atoms with E-state index in [-0.39, 0.29) is 50.9 Å². The fraction of sp³-hybridized carbons (Fsp3) is 1.00. The number of hydrogen-bond donors (Lipinski definition) is 0. The highest BCUT2D eigenvalue weighted by Gasteiger charge is 2.29. The Hall–Kier alpha value is 1.87. The fourth-order valence-electron chi connectivity index (χ4n) is 4.16. The number of rotatable bonds is 21. The van der Waals surface area contributed by atoms with Crippen LogP contribution in [-0.2, 0) is 0 Å². The second kappa shape index (κ2) is 29.9. The highest BCUT2D eigenvalue weighted by Crippen LogP contribution is 2.57. The summed E-state index contributed by atoms with van der Waals surface area (Å²) in [7, 11) is -0.636. The Balaban J connectivity index is -0.00000104. The first kappa shape index (κ1) is 38.1. The van der Waals surface area contributed by atoms with Crippen LogP contribution >= 0.6 is 58.2 Å². The lowest BCUT2D eigenvalue weighted by molar-refractivity contribution is 0.616. The molecule has 0 radical (unpaired) electrons. The van der Waals surface area contributed by atoms with E-state index < -0.39 is 7.26 Å². The highest BCUT2D eigenvalue weighted by molar-refractivity contribution is 8.93. The van der Waals surface area contributed by atoms with Crippen LogP contribution in [0.1, 0.15) is 136 Å². The first-order valence-corrected chi connectivity index (χ1v) is 15.3. The molecule has 0 bridgehead atoms. The summed E-state index contributed by atoms with van der Waals surface area (Å²) in [5.41, 5.74) is 0. The standard InChI is InChI=1S/C25H54P.3BrH/c1-5-8-11-14-17-20-23-26(4,24-21-18-15-12-9-6-2)25-22-19-16-13-10-7-3;;;/h5-25H2,1-4H3;3*1H/q+1;;;. The highest BCUT2D eigenvalue weighted by atomic mass is 79.9. The maximum Gasteiger partial charge on any atom is 0.0591 e. The van der Waals surface area contributed by atoms with Gasteiger partial charge >= 0.3 is 0 Å². The van der Waals surface area contributed by atoms with Crippen LogP contribution in [0.5, 0.6) is 0 Å². The minimum Gasteiger partial charge on any atom is -0.114 e. The van der Waals surface area contributed by atoms with Gasteiger partial charge in [-0.3, -0.25) is 0 Å². The first-order valence-electron chi connectivity index (χ1n) is 12.5. The molecule has 0 rings (SSSR count). The van der Waals surface area contributed by atoms with Crippen molar-refractivity contribution in [2.24, 2.45) is 0 Å². The third-order valence-electron chi connectivity index (χ3n) is 6.15. The largest absolute Gasteiger partial charge is 0.114 e. The minimum atomic E-state index is -0.636. The summed E-state index contributed by atoms with van der Waals surface area (Å²) in [5, 5.41) is 0. The monoisotopic (exact) mass is 625 g/mol. The van der Waals surface area contributed by atoms with Crippen molar-refractivity contribution in [2.75, 3.05) is 25.2 Å². The third-order valence-corrected chi connectivity index (χ3v) is 10.3. The molecule has 0 atom stereocenters. The summed E-state index contributed by atoms with van der Waals surface area (Å²) in [5.74, 6) is 0. The molecule has 0 saturated carbocycles. The molecule has 0 aromatic rings. The van der Waals surface area contributed by atoms with Gasteiger partial charge in [0.15, 0.2) is 0 Å². The third kappa shape index (κ3) is 27.8. The average molecular weight is 628 g/mol. The van der Waals surface area contributed by atoms with Gasteiger partial charge in [0.25, 0.3) is 0 Å². The van der Waals surface area contributed by atoms with E-state index in [2.05, 4.69) is 27.4 Å². The molecule has 0 fully saturated rings. The van der Waals surface area contributed by atoms with Crippen LogP contribution in [0, 0.1) is 0 Å². The van der Waals surface area contributed by atoms with E-state index in [1.54, 1.807) is 18.5 Å². The molecule has 0 nitrogen and oxygen atoms in total. The quantitative estimate of drug-likeness (QED) is 0.0877. The summed E-state index contributed by atoms with van der Waals surface area (Å²) < 4.78 is 0. The van der Waals surface area contributed by atoms with Gasteiger partial charge in [-0.25, -0.2) is 0 Å². The molecule has 0 aliphatic carbocycles. The summed E-state index contributed by atoms with van der Waals surface area (Å²) in [6.45, 7) is 9.70. The molecule has 0 N–H and O–H groups in total. The zero-order valence-electron chi connectivity index (χ0n) is 20.5. The van der Waals surface area contributed by atoms with E-state index in [0.29, 0.717) is 0 Å². The molecule has 0 spiro atoms. The minimum absolute atomic E-state index is 0. The van der Waals surface area contributed by atoms with E-state index in [4.69, 9.17) is 0 Å². The molecular weight excluding hydrogens is 571 g/mol. The summed E-state index contributed by atoms with van der Waals surface area (Å²) in [6, 6.07) is 0. The van der Waals surface area contributed by atoms with Gasteiger partial charge < -0.3 is 0 Å². The molecule has 0 aliphatic rings. The second-order valence-electron chi connectivity index (χ2n) is 9.09. The number of unbranched alkanes of at least 4 members (excludes halogenated alkanes) is 15. The van der Waals surface area contributed by atoms with Crippen LogP contribution in [0.3, 0.4) is 0 Å². The first-order chi connectivity index (χ1) is 12.7. The fourth-order valence-corrected chi connectivity index (χ4v) is 7.79. The predicted octanol–water partition coefficient (Wildman–Crippen LogP) is 11.4. The van der Waals surface area contributed by atoms with Crippen LogP contribution in [0.25, 0.3) is 0 Å². The van der Waals surface area contributed by atoms with E-state index in [0.717, 1.165) is 0 Å². The molecule has 29 heavy (non-hydrogen) atoms. The Kier molecular flexibility index (Phi) is 39.3. The molecule has 0 unspecified atom stereocenters. The van der Waals surface area contributed by atoms with Crippen LogP contribution in [0.15, 0.2) is 0 Å². The van der Waals surface area contributed by atoms with Gasteiger partial charge in [0.05, 0.1) is 18.5 Å². The molecule has 0 aromatic carbocycles. The van der Waals surface area contributed by atoms with Crippen molar-refractivity contribution < 1.29 is 0 Å². The Morgan fingerprint density at radius 1 is 0.345 bits per heavy atom. The van der Waals surface area contributed by atoms with Crippen LogP contribution in [0.4, 0.5) is 0 Å². The average Bonchev–Trinajstić information content (AvgIpc) is 2.64. The summed E-state index contributed by atoms with van der Waals surface area (Å²) in [6.07, 6.45) is 31.2. The smallest absolute Gasteiger partial charge is 0.0591 e. The molecule has 0 amide bonds. The van der Waals surface area contributed by atoms with E-state index in [1.807, 2.05) is 0 Å². The van der Waals surface area contributed by atoms with Gasteiger partial charge in [-0.05, 0) is 38.5 Å². The molecule has 0 aliphatic heterocycles. The lowest BCUT2D eigenvalue weighted by Gasteiger charge is -2.24. The van der Waals surface area contributed by atoms with Crippen molar-refractivity contribution in [3.63, 3.8) is 0 Å². The Morgan fingerprint density at radius 2 is 0.552 bits per heavy atom. The van der Waals surface area contributed by atoms with Crippen molar-refractivity contribution in [1.29, 1.82) is 0 Å². The molecule has 0 aromatic heterocycles. The van der Waals surface area contributed by atoms with Gasteiger partial charge in [0.2, 0.25) is 0 Å². The van der Waals surface area contributed by atoms with Gasteiger partial charge in [0, 0.05) is 13.9 Å².